The summed E-state index contributed by atoms with van der Waals surface area (Å²) in [5.41, 5.74) is 0.152. The molecule has 0 N–H and O–H groups in total. The molecule has 5 rings (SSSR count). The number of nitrogens with zero attached hydrogens (tertiary/aromatic N) is 2. The normalized spacial score (nSPS) is 26.9. The number of imide groups is 1. The summed E-state index contributed by atoms with van der Waals surface area (Å²) in [7, 11) is 0. The fraction of sp³-hybridized carbons (Fsp3) is 0.364. The molecule has 8 heteroatoms. The number of hydrazine groups is 1. The Balaban J connectivity index is 1.52. The molecule has 30 heavy (non-hydrogen) atoms. The zero-order valence-electron chi connectivity index (χ0n) is 16.0. The first kappa shape index (κ1) is 19.5. The average Bonchev–Trinajstić information content (AvgIpc) is 3.52. The molecule has 2 aromatic rings. The van der Waals surface area contributed by atoms with E-state index in [4.69, 9.17) is 11.6 Å². The number of amides is 3. The van der Waals surface area contributed by atoms with Gasteiger partial charge in [0.15, 0.2) is 5.78 Å². The van der Waals surface area contributed by atoms with Gasteiger partial charge in [-0.05, 0) is 54.7 Å². The number of halogens is 1. The topological polar surface area (TPSA) is 74.8 Å². The monoisotopic (exact) mass is 442 g/mol. The highest BCUT2D eigenvalue weighted by molar-refractivity contribution is 7.12. The smallest absolute Gasteiger partial charge is 0.274 e. The van der Waals surface area contributed by atoms with Crippen molar-refractivity contribution in [3.8, 4) is 0 Å². The van der Waals surface area contributed by atoms with Crippen LogP contribution in [0.25, 0.3) is 0 Å². The standard InChI is InChI=1S/C22H19ClN2O4S/c23-15-5-2-1-4-14(15)20(27)24(11-16(26)17-6-3-9-30-17)25-21(28)18-12-7-8-13(10-12)19(18)22(25)29/h1-6,9,12-13,18-19H,7-8,10-11H2/t12-,13-,18+,19+/m0/s1. The Labute approximate surface area is 182 Å². The van der Waals surface area contributed by atoms with Crippen molar-refractivity contribution in [2.45, 2.75) is 19.3 Å². The molecule has 2 saturated carbocycles. The molecule has 3 fully saturated rings. The molecule has 1 aromatic heterocycles. The molecule has 2 aliphatic carbocycles. The van der Waals surface area contributed by atoms with Crippen LogP contribution in [0.1, 0.15) is 39.3 Å². The number of ketones is 1. The van der Waals surface area contributed by atoms with Gasteiger partial charge < -0.3 is 0 Å². The predicted molar refractivity (Wildman–Crippen MR) is 111 cm³/mol. The third-order valence-electron chi connectivity index (χ3n) is 6.57. The summed E-state index contributed by atoms with van der Waals surface area (Å²) in [6, 6.07) is 9.84. The third kappa shape index (κ3) is 2.91. The molecule has 0 radical (unpaired) electrons. The average molecular weight is 443 g/mol. The number of thiophene rings is 1. The van der Waals surface area contributed by atoms with Gasteiger partial charge >= 0.3 is 0 Å². The van der Waals surface area contributed by atoms with Crippen LogP contribution in [0, 0.1) is 23.7 Å². The molecule has 3 aliphatic rings. The summed E-state index contributed by atoms with van der Waals surface area (Å²) in [5.74, 6) is -2.07. The molecule has 0 spiro atoms. The van der Waals surface area contributed by atoms with Crippen LogP contribution in [0.5, 0.6) is 0 Å². The number of carbonyl (C=O) groups excluding carboxylic acids is 4. The number of rotatable bonds is 5. The van der Waals surface area contributed by atoms with Crippen molar-refractivity contribution < 1.29 is 19.2 Å². The SMILES string of the molecule is O=C(CN(C(=O)c1ccccc1Cl)N1C(=O)[C@@H]2[C@H]3CC[C@@H](C3)[C@H]2C1=O)c1cccs1. The van der Waals surface area contributed by atoms with E-state index >= 15 is 0 Å². The molecule has 6 nitrogen and oxygen atoms in total. The van der Waals surface area contributed by atoms with Gasteiger partial charge in [0.05, 0.1) is 27.3 Å². The predicted octanol–water partition coefficient (Wildman–Crippen LogP) is 3.67. The van der Waals surface area contributed by atoms with E-state index in [1.54, 1.807) is 35.7 Å². The minimum absolute atomic E-state index is 0.152. The second-order valence-corrected chi connectivity index (χ2v) is 9.47. The summed E-state index contributed by atoms with van der Waals surface area (Å²) in [6.45, 7) is -0.392. The Hall–Kier alpha value is -2.51. The first-order valence-corrected chi connectivity index (χ1v) is 11.2. The Kier molecular flexibility index (Phi) is 4.75. The van der Waals surface area contributed by atoms with Crippen molar-refractivity contribution in [1.29, 1.82) is 0 Å². The zero-order chi connectivity index (χ0) is 21.0. The van der Waals surface area contributed by atoms with Gasteiger partial charge in [0.2, 0.25) is 0 Å². The molecule has 154 valence electrons. The molecule has 3 amide bonds. The van der Waals surface area contributed by atoms with E-state index in [-0.39, 0.29) is 51.9 Å². The lowest BCUT2D eigenvalue weighted by molar-refractivity contribution is -0.154. The van der Waals surface area contributed by atoms with E-state index in [0.29, 0.717) is 4.88 Å². The summed E-state index contributed by atoms with van der Waals surface area (Å²) < 4.78 is 0. The molecule has 0 unspecified atom stereocenters. The van der Waals surface area contributed by atoms with Gasteiger partial charge in [0, 0.05) is 0 Å². The molecular formula is C22H19ClN2O4S. The lowest BCUT2D eigenvalue weighted by atomic mass is 9.81. The van der Waals surface area contributed by atoms with Gasteiger partial charge in [-0.15, -0.1) is 11.3 Å². The van der Waals surface area contributed by atoms with Crippen molar-refractivity contribution >= 4 is 46.4 Å². The van der Waals surface area contributed by atoms with Crippen LogP contribution in [0.2, 0.25) is 5.02 Å². The first-order chi connectivity index (χ1) is 14.5. The summed E-state index contributed by atoms with van der Waals surface area (Å²) >= 11 is 7.47. The molecule has 1 aromatic carbocycles. The second-order valence-electron chi connectivity index (χ2n) is 8.12. The summed E-state index contributed by atoms with van der Waals surface area (Å²) in [4.78, 5) is 53.3. The highest BCUT2D eigenvalue weighted by atomic mass is 35.5. The van der Waals surface area contributed by atoms with E-state index in [1.165, 1.54) is 17.4 Å². The number of fused-ring (bicyclic) bond motifs is 5. The minimum atomic E-state index is -0.625. The van der Waals surface area contributed by atoms with E-state index in [9.17, 15) is 19.2 Å². The number of benzene rings is 1. The Morgan fingerprint density at radius 2 is 1.70 bits per heavy atom. The largest absolute Gasteiger partial charge is 0.291 e. The summed E-state index contributed by atoms with van der Waals surface area (Å²) in [6.07, 6.45) is 2.77. The minimum Gasteiger partial charge on any atom is -0.291 e. The van der Waals surface area contributed by atoms with E-state index < -0.39 is 12.5 Å². The molecule has 4 atom stereocenters. The molecule has 2 bridgehead atoms. The maximum atomic E-state index is 13.4. The Bertz CT molecular complexity index is 1030. The van der Waals surface area contributed by atoms with Crippen LogP contribution < -0.4 is 0 Å². The highest BCUT2D eigenvalue weighted by Crippen LogP contribution is 2.56. The van der Waals surface area contributed by atoms with Crippen molar-refractivity contribution in [2.24, 2.45) is 23.7 Å². The van der Waals surface area contributed by atoms with Gasteiger partial charge in [-0.1, -0.05) is 29.8 Å². The second kappa shape index (κ2) is 7.32. The van der Waals surface area contributed by atoms with Gasteiger partial charge in [0.25, 0.3) is 17.7 Å². The maximum Gasteiger partial charge on any atom is 0.274 e. The number of hydrogen-bond donors (Lipinski definition) is 0. The Morgan fingerprint density at radius 3 is 2.30 bits per heavy atom. The first-order valence-electron chi connectivity index (χ1n) is 9.98. The van der Waals surface area contributed by atoms with E-state index in [2.05, 4.69) is 0 Å². The third-order valence-corrected chi connectivity index (χ3v) is 7.81. The van der Waals surface area contributed by atoms with Gasteiger partial charge in [-0.25, -0.2) is 5.01 Å². The van der Waals surface area contributed by atoms with Crippen LogP contribution >= 0.6 is 22.9 Å². The van der Waals surface area contributed by atoms with Gasteiger partial charge in [-0.2, -0.15) is 5.01 Å². The van der Waals surface area contributed by atoms with Crippen molar-refractivity contribution in [2.75, 3.05) is 6.54 Å². The Morgan fingerprint density at radius 1 is 1.03 bits per heavy atom. The molecule has 1 saturated heterocycles. The van der Waals surface area contributed by atoms with Crippen LogP contribution in [0.15, 0.2) is 41.8 Å². The van der Waals surface area contributed by atoms with E-state index in [0.717, 1.165) is 29.3 Å². The zero-order valence-corrected chi connectivity index (χ0v) is 17.6. The quantitative estimate of drug-likeness (QED) is 0.523. The van der Waals surface area contributed by atoms with Crippen molar-refractivity contribution in [1.82, 2.24) is 10.0 Å². The fourth-order valence-electron chi connectivity index (χ4n) is 5.29. The van der Waals surface area contributed by atoms with E-state index in [1.807, 2.05) is 0 Å². The fourth-order valence-corrected chi connectivity index (χ4v) is 6.16. The molecule has 2 heterocycles. The van der Waals surface area contributed by atoms with Crippen LogP contribution in [0.4, 0.5) is 0 Å². The van der Waals surface area contributed by atoms with Gasteiger partial charge in [-0.3, -0.25) is 19.2 Å². The summed E-state index contributed by atoms with van der Waals surface area (Å²) in [5, 5.41) is 3.92. The number of carbonyl (C=O) groups is 4. The van der Waals surface area contributed by atoms with Crippen molar-refractivity contribution in [3.05, 3.63) is 57.2 Å². The highest BCUT2D eigenvalue weighted by Gasteiger charge is 2.62. The van der Waals surface area contributed by atoms with Crippen molar-refractivity contribution in [3.63, 3.8) is 0 Å². The van der Waals surface area contributed by atoms with Crippen LogP contribution in [-0.2, 0) is 9.59 Å². The lowest BCUT2D eigenvalue weighted by Gasteiger charge is -2.30. The van der Waals surface area contributed by atoms with Crippen LogP contribution in [-0.4, -0.2) is 40.1 Å². The lowest BCUT2D eigenvalue weighted by Crippen LogP contribution is -2.52. The molecule has 1 aliphatic heterocycles. The molecular weight excluding hydrogens is 424 g/mol. The maximum absolute atomic E-state index is 13.4. The van der Waals surface area contributed by atoms with Gasteiger partial charge in [0.1, 0.15) is 6.54 Å². The number of hydrogen-bond acceptors (Lipinski definition) is 5. The van der Waals surface area contributed by atoms with Crippen LogP contribution in [0.3, 0.4) is 0 Å². The number of Topliss-reactive ketones (excluding diaryl/α,β-unsaturated/α-hetero) is 1.